The fourth-order valence-electron chi connectivity index (χ4n) is 4.88. The molecule has 3 heterocycles. The molecule has 1 amide bonds. The lowest BCUT2D eigenvalue weighted by atomic mass is 9.76. The third kappa shape index (κ3) is 3.21. The van der Waals surface area contributed by atoms with Crippen molar-refractivity contribution in [2.24, 2.45) is 11.0 Å². The zero-order valence-electron chi connectivity index (χ0n) is 18.1. The molecule has 2 N–H and O–H groups in total. The van der Waals surface area contributed by atoms with E-state index >= 15 is 0 Å². The van der Waals surface area contributed by atoms with Crippen LogP contribution >= 0.6 is 0 Å². The van der Waals surface area contributed by atoms with E-state index in [1.54, 1.807) is 36.1 Å². The van der Waals surface area contributed by atoms with Gasteiger partial charge in [0.2, 0.25) is 0 Å². The van der Waals surface area contributed by atoms with Crippen LogP contribution in [0.4, 0.5) is 0 Å². The van der Waals surface area contributed by atoms with Gasteiger partial charge in [-0.2, -0.15) is 5.10 Å². The number of nitrogens with zero attached hydrogens (tertiary/aromatic N) is 4. The van der Waals surface area contributed by atoms with Crippen molar-refractivity contribution in [2.75, 3.05) is 14.1 Å². The molecule has 1 aromatic carbocycles. The molecule has 9 heteroatoms. The van der Waals surface area contributed by atoms with Gasteiger partial charge in [-0.15, -0.1) is 0 Å². The molecule has 0 saturated heterocycles. The molecule has 1 aliphatic carbocycles. The van der Waals surface area contributed by atoms with Crippen molar-refractivity contribution < 1.29 is 4.79 Å². The van der Waals surface area contributed by atoms with Gasteiger partial charge in [-0.25, -0.2) is 14.5 Å². The lowest BCUT2D eigenvalue weighted by Crippen LogP contribution is -2.38. The van der Waals surface area contributed by atoms with Gasteiger partial charge in [-0.1, -0.05) is 19.1 Å². The van der Waals surface area contributed by atoms with Gasteiger partial charge < -0.3 is 9.88 Å². The molecule has 0 spiro atoms. The van der Waals surface area contributed by atoms with Crippen molar-refractivity contribution in [3.05, 3.63) is 86.2 Å². The van der Waals surface area contributed by atoms with Crippen LogP contribution < -0.4 is 11.2 Å². The highest BCUT2D eigenvalue weighted by molar-refractivity contribution is 6.01. The molecule has 9 nitrogen and oxygen atoms in total. The number of carbonyl (C=O) groups is 1. The van der Waals surface area contributed by atoms with E-state index < -0.39 is 11.2 Å². The number of nitrogens with one attached hydrogen (secondary N) is 2. The number of aromatic nitrogens is 4. The van der Waals surface area contributed by atoms with Crippen LogP contribution in [0.1, 0.15) is 53.0 Å². The molecular weight excluding hydrogens is 408 g/mol. The normalized spacial score (nSPS) is 23.9. The summed E-state index contributed by atoms with van der Waals surface area (Å²) in [7, 11) is 3.49. The van der Waals surface area contributed by atoms with Crippen molar-refractivity contribution >= 4 is 11.6 Å². The van der Waals surface area contributed by atoms with E-state index in [9.17, 15) is 14.4 Å². The zero-order chi connectivity index (χ0) is 22.6. The van der Waals surface area contributed by atoms with Gasteiger partial charge in [0.25, 0.3) is 11.5 Å². The van der Waals surface area contributed by atoms with Crippen LogP contribution in [0.15, 0.2) is 57.5 Å². The molecule has 3 atom stereocenters. The molecule has 2 aliphatic rings. The van der Waals surface area contributed by atoms with E-state index in [1.807, 2.05) is 18.2 Å². The average Bonchev–Trinajstić information content (AvgIpc) is 3.44. The third-order valence-electron chi connectivity index (χ3n) is 6.60. The smallest absolute Gasteiger partial charge is 0.325 e. The topological polar surface area (TPSA) is 116 Å². The molecule has 1 aliphatic heterocycles. The summed E-state index contributed by atoms with van der Waals surface area (Å²) < 4.78 is 1.73. The number of aromatic amines is 2. The predicted molar refractivity (Wildman–Crippen MR) is 119 cm³/mol. The standard InChI is InChI=1S/C23H24N6O3/c1-23(17-10-15(17)13-5-4-6-14(9-13)20(31)28(2)3)11-18(27-29-8-7-24-21(23)29)16-12-25-22(32)26-19(16)30/h4-9,12,15,17H,10-11H2,1-3H3,(H2,25,26,30,32)/t15-,17+,23?/m1/s1. The zero-order valence-corrected chi connectivity index (χ0v) is 18.1. The summed E-state index contributed by atoms with van der Waals surface area (Å²) in [6, 6.07) is 7.81. The Hall–Kier alpha value is -3.75. The second-order valence-corrected chi connectivity index (χ2v) is 9.00. The van der Waals surface area contributed by atoms with Gasteiger partial charge in [0.1, 0.15) is 5.82 Å². The summed E-state index contributed by atoms with van der Waals surface area (Å²) in [5.74, 6) is 1.40. The number of amides is 1. The van der Waals surface area contributed by atoms with Gasteiger partial charge >= 0.3 is 5.69 Å². The van der Waals surface area contributed by atoms with Crippen molar-refractivity contribution in [1.82, 2.24) is 24.5 Å². The maximum absolute atomic E-state index is 12.4. The first-order valence-electron chi connectivity index (χ1n) is 10.5. The van der Waals surface area contributed by atoms with Crippen LogP contribution in [0.3, 0.4) is 0 Å². The molecule has 1 fully saturated rings. The number of imidazole rings is 1. The first-order valence-corrected chi connectivity index (χ1v) is 10.5. The second-order valence-electron chi connectivity index (χ2n) is 9.00. The molecule has 3 aromatic rings. The van der Waals surface area contributed by atoms with Crippen molar-refractivity contribution in [1.29, 1.82) is 0 Å². The van der Waals surface area contributed by atoms with Gasteiger partial charge in [0.15, 0.2) is 0 Å². The predicted octanol–water partition coefficient (Wildman–Crippen LogP) is 1.68. The van der Waals surface area contributed by atoms with Crippen LogP contribution in [-0.2, 0) is 5.41 Å². The maximum atomic E-state index is 12.4. The summed E-state index contributed by atoms with van der Waals surface area (Å²) in [4.78, 5) is 47.2. The van der Waals surface area contributed by atoms with E-state index in [-0.39, 0.29) is 23.2 Å². The molecule has 32 heavy (non-hydrogen) atoms. The minimum absolute atomic E-state index is 0.0183. The first-order chi connectivity index (χ1) is 15.3. The van der Waals surface area contributed by atoms with Crippen LogP contribution in [0, 0.1) is 5.92 Å². The highest BCUT2D eigenvalue weighted by Gasteiger charge is 2.55. The molecule has 1 saturated carbocycles. The van der Waals surface area contributed by atoms with Crippen molar-refractivity contribution in [3.63, 3.8) is 0 Å². The van der Waals surface area contributed by atoms with Crippen LogP contribution in [0.5, 0.6) is 0 Å². The molecule has 164 valence electrons. The maximum Gasteiger partial charge on any atom is 0.325 e. The highest BCUT2D eigenvalue weighted by atomic mass is 16.2. The SMILES string of the molecule is CN(C)C(=O)c1cccc([C@H]2C[C@@H]2C2(C)CC(c3c[nH]c(=O)[nH]c3=O)=Nn3ccnc32)c1. The van der Waals surface area contributed by atoms with Crippen LogP contribution in [-0.4, -0.2) is 50.2 Å². The minimum atomic E-state index is -0.546. The van der Waals surface area contributed by atoms with Gasteiger partial charge in [-0.05, 0) is 36.0 Å². The van der Waals surface area contributed by atoms with Crippen LogP contribution in [0.25, 0.3) is 0 Å². The monoisotopic (exact) mass is 432 g/mol. The Balaban J connectivity index is 1.49. The number of carbonyl (C=O) groups excluding carboxylic acids is 1. The van der Waals surface area contributed by atoms with Gasteiger partial charge in [-0.3, -0.25) is 14.6 Å². The second kappa shape index (κ2) is 7.15. The molecular formula is C23H24N6O3. The number of benzene rings is 1. The van der Waals surface area contributed by atoms with E-state index in [0.29, 0.717) is 23.3 Å². The average molecular weight is 432 g/mol. The molecule has 0 bridgehead atoms. The van der Waals surface area contributed by atoms with Gasteiger partial charge in [0.05, 0.1) is 11.3 Å². The fourth-order valence-corrected chi connectivity index (χ4v) is 4.88. The number of hydrogen-bond acceptors (Lipinski definition) is 5. The minimum Gasteiger partial charge on any atom is -0.345 e. The largest absolute Gasteiger partial charge is 0.345 e. The van der Waals surface area contributed by atoms with Crippen molar-refractivity contribution in [3.8, 4) is 0 Å². The third-order valence-corrected chi connectivity index (χ3v) is 6.60. The quantitative estimate of drug-likeness (QED) is 0.652. The Labute approximate surface area is 183 Å². The number of fused-ring (bicyclic) bond motifs is 1. The van der Waals surface area contributed by atoms with E-state index in [0.717, 1.165) is 17.8 Å². The molecule has 1 unspecified atom stereocenters. The lowest BCUT2D eigenvalue weighted by Gasteiger charge is -2.33. The van der Waals surface area contributed by atoms with Crippen LogP contribution in [0.2, 0.25) is 0 Å². The summed E-state index contributed by atoms with van der Waals surface area (Å²) >= 11 is 0. The lowest BCUT2D eigenvalue weighted by molar-refractivity contribution is 0.0827. The number of hydrogen-bond donors (Lipinski definition) is 2. The molecule has 5 rings (SSSR count). The Kier molecular flexibility index (Phi) is 4.51. The number of rotatable bonds is 4. The Morgan fingerprint density at radius 2 is 2.09 bits per heavy atom. The fraction of sp³-hybridized carbons (Fsp3) is 0.348. The van der Waals surface area contributed by atoms with Gasteiger partial charge in [0, 0.05) is 50.1 Å². The Bertz CT molecular complexity index is 1360. The number of H-pyrrole nitrogens is 2. The molecule has 0 radical (unpaired) electrons. The Morgan fingerprint density at radius 1 is 1.28 bits per heavy atom. The first kappa shape index (κ1) is 20.2. The summed E-state index contributed by atoms with van der Waals surface area (Å²) in [6.45, 7) is 2.15. The highest BCUT2D eigenvalue weighted by Crippen LogP contribution is 2.59. The van der Waals surface area contributed by atoms with Crippen molar-refractivity contribution in [2.45, 2.75) is 31.1 Å². The van der Waals surface area contributed by atoms with E-state index in [2.05, 4.69) is 33.0 Å². The van der Waals surface area contributed by atoms with E-state index in [1.165, 1.54) is 6.20 Å². The van der Waals surface area contributed by atoms with E-state index in [4.69, 9.17) is 0 Å². The summed E-state index contributed by atoms with van der Waals surface area (Å²) in [5.41, 5.74) is 1.42. The molecule has 2 aromatic heterocycles. The summed E-state index contributed by atoms with van der Waals surface area (Å²) in [6.07, 6.45) is 6.39. The summed E-state index contributed by atoms with van der Waals surface area (Å²) in [5, 5.41) is 4.60. The Morgan fingerprint density at radius 3 is 2.84 bits per heavy atom.